The molecule has 0 spiro atoms. The van der Waals surface area contributed by atoms with E-state index < -0.39 is 0 Å². The second-order valence-electron chi connectivity index (χ2n) is 3.12. The molecule has 12 heavy (non-hydrogen) atoms. The van der Waals surface area contributed by atoms with Gasteiger partial charge in [0.15, 0.2) is 0 Å². The Morgan fingerprint density at radius 3 is 2.17 bits per heavy atom. The predicted octanol–water partition coefficient (Wildman–Crippen LogP) is 3.01. The van der Waals surface area contributed by atoms with Crippen molar-refractivity contribution in [3.8, 4) is 0 Å². The molecule has 0 aromatic carbocycles. The van der Waals surface area contributed by atoms with Gasteiger partial charge in [-0.3, -0.25) is 5.43 Å². The molecule has 0 radical (unpaired) electrons. The Morgan fingerprint density at radius 2 is 1.58 bits per heavy atom. The minimum atomic E-state index is 0.733. The summed E-state index contributed by atoms with van der Waals surface area (Å²) in [5.74, 6) is 0. The molecule has 0 fully saturated rings. The number of unbranched alkanes of at least 4 members (excludes halogenated alkanes) is 6. The molecule has 0 unspecified atom stereocenters. The average Bonchev–Trinajstić information content (AvgIpc) is 2.10. The zero-order valence-corrected chi connectivity index (χ0v) is 8.01. The second kappa shape index (κ2) is 10.4. The summed E-state index contributed by atoms with van der Waals surface area (Å²) >= 11 is 0. The molecule has 0 aromatic rings. The maximum atomic E-state index is 9.62. The number of rotatable bonds is 9. The van der Waals surface area contributed by atoms with Crippen molar-refractivity contribution < 1.29 is 0 Å². The van der Waals surface area contributed by atoms with Gasteiger partial charge in [0.1, 0.15) is 0 Å². The van der Waals surface area contributed by atoms with Crippen molar-refractivity contribution >= 4 is 0 Å². The van der Waals surface area contributed by atoms with E-state index in [0.29, 0.717) is 0 Å². The number of nitroso groups, excluding NO2 is 1. The maximum absolute atomic E-state index is 9.62. The van der Waals surface area contributed by atoms with E-state index in [1.165, 1.54) is 38.5 Å². The molecule has 0 aliphatic heterocycles. The normalized spacial score (nSPS) is 9.75. The molecular weight excluding hydrogens is 152 g/mol. The van der Waals surface area contributed by atoms with Gasteiger partial charge in [-0.05, 0) is 6.42 Å². The van der Waals surface area contributed by atoms with Gasteiger partial charge in [-0.25, -0.2) is 0 Å². The monoisotopic (exact) mass is 172 g/mol. The number of hydrogen-bond donors (Lipinski definition) is 1. The van der Waals surface area contributed by atoms with Gasteiger partial charge in [-0.2, -0.15) is 0 Å². The highest BCUT2D eigenvalue weighted by atomic mass is 16.3. The van der Waals surface area contributed by atoms with Crippen LogP contribution >= 0.6 is 0 Å². The van der Waals surface area contributed by atoms with E-state index >= 15 is 0 Å². The molecule has 0 heterocycles. The van der Waals surface area contributed by atoms with Crippen LogP contribution in [0.25, 0.3) is 0 Å². The van der Waals surface area contributed by atoms with Crippen molar-refractivity contribution in [2.24, 2.45) is 5.29 Å². The first kappa shape index (κ1) is 11.4. The highest BCUT2D eigenvalue weighted by Crippen LogP contribution is 2.05. The zero-order chi connectivity index (χ0) is 9.07. The van der Waals surface area contributed by atoms with Crippen LogP contribution in [0.4, 0.5) is 0 Å². The van der Waals surface area contributed by atoms with Crippen molar-refractivity contribution in [3.63, 3.8) is 0 Å². The lowest BCUT2D eigenvalue weighted by Crippen LogP contribution is -2.05. The summed E-state index contributed by atoms with van der Waals surface area (Å²) < 4.78 is 0. The molecule has 72 valence electrons. The van der Waals surface area contributed by atoms with E-state index in [9.17, 15) is 4.91 Å². The summed E-state index contributed by atoms with van der Waals surface area (Å²) in [6, 6.07) is 0. The van der Waals surface area contributed by atoms with E-state index in [1.807, 2.05) is 0 Å². The topological polar surface area (TPSA) is 41.5 Å². The molecular formula is C9H20N2O. The zero-order valence-electron chi connectivity index (χ0n) is 8.01. The Balaban J connectivity index is 2.77. The van der Waals surface area contributed by atoms with Gasteiger partial charge >= 0.3 is 0 Å². The molecule has 0 bridgehead atoms. The number of nitrogens with zero attached hydrogens (tertiary/aromatic N) is 1. The summed E-state index contributed by atoms with van der Waals surface area (Å²) in [6.45, 7) is 2.96. The summed E-state index contributed by atoms with van der Waals surface area (Å²) in [5, 5.41) is 2.58. The maximum Gasteiger partial charge on any atom is 0.0496 e. The third kappa shape index (κ3) is 9.40. The molecule has 0 atom stereocenters. The molecule has 0 aliphatic carbocycles. The Kier molecular flexibility index (Phi) is 9.88. The van der Waals surface area contributed by atoms with Gasteiger partial charge in [0.05, 0.1) is 0 Å². The smallest absolute Gasteiger partial charge is 0.0496 e. The van der Waals surface area contributed by atoms with Gasteiger partial charge < -0.3 is 0 Å². The number of hydrogen-bond acceptors (Lipinski definition) is 2. The van der Waals surface area contributed by atoms with Crippen LogP contribution in [0.3, 0.4) is 0 Å². The molecule has 0 rings (SSSR count). The summed E-state index contributed by atoms with van der Waals surface area (Å²) in [4.78, 5) is 9.62. The first-order chi connectivity index (χ1) is 5.91. The van der Waals surface area contributed by atoms with E-state index in [2.05, 4.69) is 17.6 Å². The molecule has 0 amide bonds. The highest BCUT2D eigenvalue weighted by molar-refractivity contribution is 4.46. The van der Waals surface area contributed by atoms with Crippen molar-refractivity contribution in [3.05, 3.63) is 4.91 Å². The van der Waals surface area contributed by atoms with E-state index in [-0.39, 0.29) is 0 Å². The molecule has 0 saturated heterocycles. The van der Waals surface area contributed by atoms with E-state index in [0.717, 1.165) is 13.0 Å². The predicted molar refractivity (Wildman–Crippen MR) is 51.8 cm³/mol. The summed E-state index contributed by atoms with van der Waals surface area (Å²) in [7, 11) is 0. The van der Waals surface area contributed by atoms with Gasteiger partial charge in [0, 0.05) is 11.8 Å². The van der Waals surface area contributed by atoms with E-state index in [1.54, 1.807) is 0 Å². The SMILES string of the molecule is CCCCCCCCCNN=O. The van der Waals surface area contributed by atoms with Crippen LogP contribution in [0, 0.1) is 4.91 Å². The number of nitrogens with one attached hydrogen (secondary N) is 1. The van der Waals surface area contributed by atoms with Gasteiger partial charge in [-0.15, -0.1) is 4.91 Å². The quantitative estimate of drug-likeness (QED) is 0.330. The van der Waals surface area contributed by atoms with Gasteiger partial charge in [0.2, 0.25) is 0 Å². The van der Waals surface area contributed by atoms with Crippen LogP contribution in [0.1, 0.15) is 51.9 Å². The standard InChI is InChI=1S/C9H20N2O/c1-2-3-4-5-6-7-8-9-10-11-12/h2-9H2,1H3,(H,10,12). The minimum absolute atomic E-state index is 0.733. The fourth-order valence-electron chi connectivity index (χ4n) is 1.21. The van der Waals surface area contributed by atoms with Crippen molar-refractivity contribution in [2.45, 2.75) is 51.9 Å². The van der Waals surface area contributed by atoms with Crippen LogP contribution in [0.15, 0.2) is 5.29 Å². The molecule has 3 heteroatoms. The molecule has 0 aliphatic rings. The highest BCUT2D eigenvalue weighted by Gasteiger charge is 1.89. The molecule has 3 nitrogen and oxygen atoms in total. The first-order valence-electron chi connectivity index (χ1n) is 4.97. The fraction of sp³-hybridized carbons (Fsp3) is 1.00. The second-order valence-corrected chi connectivity index (χ2v) is 3.12. The minimum Gasteiger partial charge on any atom is -0.274 e. The van der Waals surface area contributed by atoms with Crippen molar-refractivity contribution in [1.82, 2.24) is 5.43 Å². The molecule has 0 aromatic heterocycles. The third-order valence-corrected chi connectivity index (χ3v) is 1.96. The summed E-state index contributed by atoms with van der Waals surface area (Å²) in [5.41, 5.74) is 2.42. The Labute approximate surface area is 74.9 Å². The summed E-state index contributed by atoms with van der Waals surface area (Å²) in [6.07, 6.45) is 8.92. The lowest BCUT2D eigenvalue weighted by Gasteiger charge is -1.99. The van der Waals surface area contributed by atoms with Crippen molar-refractivity contribution in [2.75, 3.05) is 6.54 Å². The Morgan fingerprint density at radius 1 is 1.00 bits per heavy atom. The van der Waals surface area contributed by atoms with Crippen LogP contribution < -0.4 is 5.43 Å². The van der Waals surface area contributed by atoms with E-state index in [4.69, 9.17) is 0 Å². The van der Waals surface area contributed by atoms with Crippen LogP contribution in [0.5, 0.6) is 0 Å². The van der Waals surface area contributed by atoms with Crippen LogP contribution in [-0.4, -0.2) is 6.54 Å². The molecule has 1 N–H and O–H groups in total. The van der Waals surface area contributed by atoms with Crippen LogP contribution in [-0.2, 0) is 0 Å². The van der Waals surface area contributed by atoms with Gasteiger partial charge in [-0.1, -0.05) is 45.4 Å². The molecule has 0 saturated carbocycles. The fourth-order valence-corrected chi connectivity index (χ4v) is 1.21. The first-order valence-corrected chi connectivity index (χ1v) is 4.97. The Bertz CT molecular complexity index is 96.5. The van der Waals surface area contributed by atoms with Crippen molar-refractivity contribution in [1.29, 1.82) is 0 Å². The third-order valence-electron chi connectivity index (χ3n) is 1.96. The lowest BCUT2D eigenvalue weighted by molar-refractivity contribution is 0.569. The average molecular weight is 172 g/mol. The largest absolute Gasteiger partial charge is 0.274 e. The van der Waals surface area contributed by atoms with Gasteiger partial charge in [0.25, 0.3) is 0 Å². The van der Waals surface area contributed by atoms with Crippen LogP contribution in [0.2, 0.25) is 0 Å². The lowest BCUT2D eigenvalue weighted by atomic mass is 10.1. The Hall–Kier alpha value is -0.600.